The largest absolute Gasteiger partial charge is 0.356 e. The summed E-state index contributed by atoms with van der Waals surface area (Å²) < 4.78 is 26.1. The Hall–Kier alpha value is -2.03. The van der Waals surface area contributed by atoms with Crippen molar-refractivity contribution in [2.24, 2.45) is 10.2 Å². The maximum absolute atomic E-state index is 11.1. The molecule has 0 amide bonds. The molecule has 0 saturated carbocycles. The van der Waals surface area contributed by atoms with Gasteiger partial charge in [-0.3, -0.25) is 4.79 Å². The van der Waals surface area contributed by atoms with Gasteiger partial charge in [-0.2, -0.15) is 8.42 Å². The van der Waals surface area contributed by atoms with Crippen molar-refractivity contribution in [1.82, 2.24) is 0 Å². The van der Waals surface area contributed by atoms with Gasteiger partial charge in [0, 0.05) is 20.5 Å². The van der Waals surface area contributed by atoms with Crippen LogP contribution in [0.5, 0.6) is 0 Å². The molecule has 1 rings (SSSR count). The minimum absolute atomic E-state index is 0.542. The molecule has 0 aromatic carbocycles. The lowest BCUT2D eigenvalue weighted by atomic mass is 10.0. The van der Waals surface area contributed by atoms with Gasteiger partial charge in [0.05, 0.1) is 5.70 Å². The first-order valence-electron chi connectivity index (χ1n) is 4.05. The fraction of sp³-hybridized carbons (Fsp3) is 0.167. The third-order valence-electron chi connectivity index (χ3n) is 1.69. The van der Waals surface area contributed by atoms with Gasteiger partial charge in [-0.1, -0.05) is 5.11 Å². The summed E-state index contributed by atoms with van der Waals surface area (Å²) in [4.78, 5) is 15.8. The maximum Gasteiger partial charge on any atom is 0.356 e. The average molecular weight is 291 g/mol. The van der Waals surface area contributed by atoms with Gasteiger partial charge in [0.15, 0.2) is 5.78 Å². The standard InChI is InChI=1S/C6H3ClN6O4S/c7-18(15,16)17-6(11-13-9)2-1-4(14)3-5(6)10-12-8/h1-3H. The van der Waals surface area contributed by atoms with E-state index in [0.29, 0.717) is 0 Å². The van der Waals surface area contributed by atoms with Gasteiger partial charge in [0.25, 0.3) is 0 Å². The van der Waals surface area contributed by atoms with Crippen molar-refractivity contribution in [3.05, 3.63) is 44.8 Å². The minimum atomic E-state index is -4.55. The van der Waals surface area contributed by atoms with E-state index in [1.54, 1.807) is 0 Å². The minimum Gasteiger partial charge on any atom is -0.290 e. The molecular weight excluding hydrogens is 288 g/mol. The van der Waals surface area contributed by atoms with Gasteiger partial charge < -0.3 is 0 Å². The fourth-order valence-electron chi connectivity index (χ4n) is 1.11. The van der Waals surface area contributed by atoms with Crippen LogP contribution in [-0.4, -0.2) is 19.9 Å². The second kappa shape index (κ2) is 5.08. The van der Waals surface area contributed by atoms with Gasteiger partial charge in [-0.15, -0.1) is 0 Å². The number of nitrogens with zero attached hydrogens (tertiary/aromatic N) is 6. The van der Waals surface area contributed by atoms with E-state index in [4.69, 9.17) is 21.7 Å². The Bertz CT molecular complexity index is 641. The monoisotopic (exact) mass is 290 g/mol. The van der Waals surface area contributed by atoms with E-state index in [0.717, 1.165) is 18.2 Å². The molecule has 1 aliphatic rings. The van der Waals surface area contributed by atoms with Crippen molar-refractivity contribution in [3.8, 4) is 0 Å². The summed E-state index contributed by atoms with van der Waals surface area (Å²) in [7, 11) is 0.327. The van der Waals surface area contributed by atoms with Crippen molar-refractivity contribution in [2.45, 2.75) is 5.72 Å². The molecule has 1 aliphatic carbocycles. The number of azide groups is 2. The first-order chi connectivity index (χ1) is 8.33. The molecule has 10 nitrogen and oxygen atoms in total. The lowest BCUT2D eigenvalue weighted by Gasteiger charge is -2.25. The molecule has 0 saturated heterocycles. The molecular formula is C6H3ClN6O4S. The molecule has 0 aromatic rings. The molecule has 18 heavy (non-hydrogen) atoms. The molecule has 0 radical (unpaired) electrons. The van der Waals surface area contributed by atoms with Gasteiger partial charge >= 0.3 is 9.33 Å². The zero-order valence-corrected chi connectivity index (χ0v) is 9.91. The van der Waals surface area contributed by atoms with Crippen LogP contribution in [0.3, 0.4) is 0 Å². The fourth-order valence-corrected chi connectivity index (χ4v) is 1.87. The van der Waals surface area contributed by atoms with E-state index in [-0.39, 0.29) is 0 Å². The Balaban J connectivity index is 3.46. The highest BCUT2D eigenvalue weighted by Crippen LogP contribution is 2.32. The van der Waals surface area contributed by atoms with Gasteiger partial charge in [0.1, 0.15) is 0 Å². The van der Waals surface area contributed by atoms with Crippen LogP contribution in [0.15, 0.2) is 34.2 Å². The van der Waals surface area contributed by atoms with Crippen LogP contribution in [0.2, 0.25) is 0 Å². The number of hydrogen-bond acceptors (Lipinski definition) is 6. The maximum atomic E-state index is 11.1. The Labute approximate surface area is 104 Å². The molecule has 0 fully saturated rings. The molecule has 0 spiro atoms. The summed E-state index contributed by atoms with van der Waals surface area (Å²) in [6.45, 7) is 0. The number of carbonyl (C=O) groups excluding carboxylic acids is 1. The Morgan fingerprint density at radius 2 is 2.06 bits per heavy atom. The number of halogens is 1. The number of carbonyl (C=O) groups is 1. The Kier molecular flexibility index (Phi) is 3.96. The van der Waals surface area contributed by atoms with Gasteiger partial charge in [0.2, 0.25) is 5.72 Å². The summed E-state index contributed by atoms with van der Waals surface area (Å²) in [6, 6.07) is 0. The number of ketones is 1. The molecule has 1 atom stereocenters. The third kappa shape index (κ3) is 3.23. The average Bonchev–Trinajstić information content (AvgIpc) is 2.22. The summed E-state index contributed by atoms with van der Waals surface area (Å²) in [5.74, 6) is -0.600. The zero-order valence-electron chi connectivity index (χ0n) is 8.33. The Morgan fingerprint density at radius 1 is 1.39 bits per heavy atom. The second-order valence-corrected chi connectivity index (χ2v) is 4.90. The molecule has 0 N–H and O–H groups in total. The van der Waals surface area contributed by atoms with Crippen molar-refractivity contribution in [2.75, 3.05) is 0 Å². The van der Waals surface area contributed by atoms with E-state index >= 15 is 0 Å². The lowest BCUT2D eigenvalue weighted by molar-refractivity contribution is -0.110. The predicted molar refractivity (Wildman–Crippen MR) is 59.1 cm³/mol. The highest BCUT2D eigenvalue weighted by molar-refractivity contribution is 8.10. The van der Waals surface area contributed by atoms with Crippen molar-refractivity contribution in [1.29, 1.82) is 0 Å². The summed E-state index contributed by atoms with van der Waals surface area (Å²) in [5.41, 5.74) is 13.9. The van der Waals surface area contributed by atoms with Gasteiger partial charge in [-0.25, -0.2) is 4.18 Å². The van der Waals surface area contributed by atoms with Crippen LogP contribution in [0, 0.1) is 0 Å². The number of allylic oxidation sites excluding steroid dienone is 2. The van der Waals surface area contributed by atoms with Crippen LogP contribution in [-0.2, 0) is 18.3 Å². The quantitative estimate of drug-likeness (QED) is 0.334. The second-order valence-electron chi connectivity index (χ2n) is 2.82. The lowest BCUT2D eigenvalue weighted by Crippen LogP contribution is -2.33. The molecule has 0 aliphatic heterocycles. The predicted octanol–water partition coefficient (Wildman–Crippen LogP) is 1.83. The Morgan fingerprint density at radius 3 is 2.56 bits per heavy atom. The van der Waals surface area contributed by atoms with E-state index in [1.165, 1.54) is 0 Å². The van der Waals surface area contributed by atoms with E-state index in [9.17, 15) is 13.2 Å². The number of hydrogen-bond donors (Lipinski definition) is 0. The van der Waals surface area contributed by atoms with E-state index in [1.807, 2.05) is 0 Å². The third-order valence-corrected chi connectivity index (χ3v) is 2.33. The van der Waals surface area contributed by atoms with Crippen LogP contribution in [0.4, 0.5) is 0 Å². The van der Waals surface area contributed by atoms with Crippen LogP contribution < -0.4 is 0 Å². The molecule has 12 heteroatoms. The van der Waals surface area contributed by atoms with Crippen LogP contribution in [0.25, 0.3) is 20.9 Å². The van der Waals surface area contributed by atoms with E-state index in [2.05, 4.69) is 24.2 Å². The molecule has 0 aromatic heterocycles. The molecule has 1 unspecified atom stereocenters. The van der Waals surface area contributed by atoms with Gasteiger partial charge in [-0.05, 0) is 34.4 Å². The van der Waals surface area contributed by atoms with Crippen LogP contribution in [0.1, 0.15) is 0 Å². The first kappa shape index (κ1) is 14.0. The van der Waals surface area contributed by atoms with Crippen molar-refractivity contribution < 1.29 is 17.4 Å². The highest BCUT2D eigenvalue weighted by atomic mass is 35.7. The van der Waals surface area contributed by atoms with Crippen LogP contribution >= 0.6 is 10.7 Å². The van der Waals surface area contributed by atoms with E-state index < -0.39 is 26.5 Å². The molecule has 94 valence electrons. The topological polar surface area (TPSA) is 158 Å². The zero-order chi connectivity index (χ0) is 13.8. The highest BCUT2D eigenvalue weighted by Gasteiger charge is 2.39. The normalized spacial score (nSPS) is 22.7. The summed E-state index contributed by atoms with van der Waals surface area (Å²) in [6.07, 6.45) is 2.46. The smallest absolute Gasteiger partial charge is 0.290 e. The molecule has 0 bridgehead atoms. The summed E-state index contributed by atoms with van der Waals surface area (Å²) >= 11 is 0. The summed E-state index contributed by atoms with van der Waals surface area (Å²) in [5, 5.41) is 6.10. The van der Waals surface area contributed by atoms with Crippen molar-refractivity contribution in [3.63, 3.8) is 0 Å². The van der Waals surface area contributed by atoms with Crippen molar-refractivity contribution >= 4 is 25.8 Å². The SMILES string of the molecule is [N-]=[N+]=NC1=CC(=O)C=CC1(N=[N+]=[N-])OS(=O)(=O)Cl. The first-order valence-corrected chi connectivity index (χ1v) is 6.28. The molecule has 0 heterocycles. The number of rotatable bonds is 4.